The monoisotopic (exact) mass is 187 g/mol. The van der Waals surface area contributed by atoms with E-state index >= 15 is 0 Å². The van der Waals surface area contributed by atoms with E-state index < -0.39 is 0 Å². The van der Waals surface area contributed by atoms with Gasteiger partial charge in [0, 0.05) is 32.2 Å². The Hall–Kier alpha value is -0.190. The van der Waals surface area contributed by atoms with Gasteiger partial charge in [-0.25, -0.2) is 0 Å². The zero-order valence-electron chi connectivity index (χ0n) is 7.79. The van der Waals surface area contributed by atoms with Gasteiger partial charge in [0.2, 0.25) is 0 Å². The van der Waals surface area contributed by atoms with E-state index in [4.69, 9.17) is 18.0 Å². The van der Waals surface area contributed by atoms with Gasteiger partial charge in [-0.2, -0.15) is 0 Å². The number of thiocarbonyl (C=S) groups is 1. The van der Waals surface area contributed by atoms with Crippen LogP contribution in [0.5, 0.6) is 0 Å². The van der Waals surface area contributed by atoms with Crippen LogP contribution in [0.15, 0.2) is 0 Å². The molecule has 0 radical (unpaired) electrons. The minimum Gasteiger partial charge on any atom is -0.392 e. The fourth-order valence-corrected chi connectivity index (χ4v) is 1.67. The molecule has 4 heteroatoms. The smallest absolute Gasteiger partial charge is 0.0870 e. The number of hydrogen-bond donors (Lipinski definition) is 1. The molecule has 70 valence electrons. The maximum atomic E-state index is 5.48. The Kier molecular flexibility index (Phi) is 3.43. The van der Waals surface area contributed by atoms with Crippen molar-refractivity contribution in [2.45, 2.75) is 13.0 Å². The SMILES string of the molecule is CC1CN(CC(N)=S)CCN1C. The van der Waals surface area contributed by atoms with Crippen LogP contribution in [0.25, 0.3) is 0 Å². The molecule has 0 spiro atoms. The van der Waals surface area contributed by atoms with Crippen molar-refractivity contribution in [1.29, 1.82) is 0 Å². The van der Waals surface area contributed by atoms with E-state index in [2.05, 4.69) is 23.8 Å². The van der Waals surface area contributed by atoms with E-state index in [1.54, 1.807) is 0 Å². The van der Waals surface area contributed by atoms with Gasteiger partial charge >= 0.3 is 0 Å². The first-order chi connectivity index (χ1) is 5.59. The average Bonchev–Trinajstić information content (AvgIpc) is 1.96. The number of nitrogens with two attached hydrogens (primary N) is 1. The van der Waals surface area contributed by atoms with E-state index in [1.807, 2.05) is 0 Å². The minimum atomic E-state index is 0.603. The molecule has 0 aromatic carbocycles. The van der Waals surface area contributed by atoms with Gasteiger partial charge in [-0.05, 0) is 14.0 Å². The van der Waals surface area contributed by atoms with Crippen LogP contribution in [0.1, 0.15) is 6.92 Å². The Morgan fingerprint density at radius 2 is 2.25 bits per heavy atom. The molecule has 2 N–H and O–H groups in total. The van der Waals surface area contributed by atoms with Gasteiger partial charge in [-0.15, -0.1) is 0 Å². The van der Waals surface area contributed by atoms with Crippen molar-refractivity contribution < 1.29 is 0 Å². The highest BCUT2D eigenvalue weighted by Gasteiger charge is 2.20. The maximum absolute atomic E-state index is 5.48. The number of hydrogen-bond acceptors (Lipinski definition) is 3. The van der Waals surface area contributed by atoms with Crippen LogP contribution in [0, 0.1) is 0 Å². The summed E-state index contributed by atoms with van der Waals surface area (Å²) in [5.74, 6) is 0. The Balaban J connectivity index is 2.35. The van der Waals surface area contributed by atoms with Gasteiger partial charge in [0.05, 0.1) is 4.99 Å². The van der Waals surface area contributed by atoms with Crippen molar-refractivity contribution in [1.82, 2.24) is 9.80 Å². The Morgan fingerprint density at radius 3 is 2.75 bits per heavy atom. The normalized spacial score (nSPS) is 27.3. The molecule has 0 saturated carbocycles. The lowest BCUT2D eigenvalue weighted by molar-refractivity contribution is 0.118. The predicted octanol–water partition coefficient (Wildman–Crippen LogP) is -0.0916. The largest absolute Gasteiger partial charge is 0.392 e. The molecule has 0 aliphatic carbocycles. The molecule has 3 nitrogen and oxygen atoms in total. The van der Waals surface area contributed by atoms with Crippen molar-refractivity contribution >= 4 is 17.2 Å². The minimum absolute atomic E-state index is 0.603. The maximum Gasteiger partial charge on any atom is 0.0870 e. The van der Waals surface area contributed by atoms with Gasteiger partial charge in [-0.3, -0.25) is 4.90 Å². The fraction of sp³-hybridized carbons (Fsp3) is 0.875. The van der Waals surface area contributed by atoms with Crippen LogP contribution in [-0.4, -0.2) is 54.1 Å². The third-order valence-electron chi connectivity index (χ3n) is 2.42. The van der Waals surface area contributed by atoms with E-state index in [0.29, 0.717) is 11.0 Å². The second kappa shape index (κ2) is 4.16. The summed E-state index contributed by atoms with van der Waals surface area (Å²) in [6, 6.07) is 0.619. The van der Waals surface area contributed by atoms with Gasteiger partial charge in [0.15, 0.2) is 0 Å². The molecule has 1 saturated heterocycles. The number of likely N-dealkylation sites (N-methyl/N-ethyl adjacent to an activating group) is 1. The van der Waals surface area contributed by atoms with Crippen molar-refractivity contribution in [3.63, 3.8) is 0 Å². The Bertz CT molecular complexity index is 172. The van der Waals surface area contributed by atoms with E-state index in [0.717, 1.165) is 26.2 Å². The summed E-state index contributed by atoms with van der Waals surface area (Å²) in [4.78, 5) is 5.27. The molecule has 1 heterocycles. The third-order valence-corrected chi connectivity index (χ3v) is 2.55. The molecular formula is C8H17N3S. The van der Waals surface area contributed by atoms with Crippen LogP contribution >= 0.6 is 12.2 Å². The van der Waals surface area contributed by atoms with E-state index in [-0.39, 0.29) is 0 Å². The molecule has 0 aromatic rings. The molecule has 1 rings (SSSR count). The first kappa shape index (κ1) is 9.89. The lowest BCUT2D eigenvalue weighted by atomic mass is 10.2. The number of nitrogens with zero attached hydrogens (tertiary/aromatic N) is 2. The first-order valence-corrected chi connectivity index (χ1v) is 4.71. The Morgan fingerprint density at radius 1 is 1.58 bits per heavy atom. The fourth-order valence-electron chi connectivity index (χ4n) is 1.49. The second-order valence-corrected chi connectivity index (χ2v) is 4.06. The van der Waals surface area contributed by atoms with Gasteiger partial charge in [0.25, 0.3) is 0 Å². The number of piperazine rings is 1. The standard InChI is InChI=1S/C8H17N3S/c1-7-5-11(6-8(9)12)4-3-10(7)2/h7H,3-6H2,1-2H3,(H2,9,12). The summed E-state index contributed by atoms with van der Waals surface area (Å²) < 4.78 is 0. The van der Waals surface area contributed by atoms with Crippen LogP contribution < -0.4 is 5.73 Å². The molecule has 1 aliphatic heterocycles. The molecule has 0 amide bonds. The molecule has 1 fully saturated rings. The molecule has 1 atom stereocenters. The third kappa shape index (κ3) is 2.69. The van der Waals surface area contributed by atoms with Crippen LogP contribution in [0.2, 0.25) is 0 Å². The zero-order chi connectivity index (χ0) is 9.14. The quantitative estimate of drug-likeness (QED) is 0.612. The second-order valence-electron chi connectivity index (χ2n) is 3.53. The van der Waals surface area contributed by atoms with Crippen molar-refractivity contribution in [2.24, 2.45) is 5.73 Å². The highest BCUT2D eigenvalue weighted by atomic mass is 32.1. The molecule has 0 bridgehead atoms. The lowest BCUT2D eigenvalue weighted by Gasteiger charge is -2.37. The molecule has 1 aliphatic rings. The van der Waals surface area contributed by atoms with Crippen molar-refractivity contribution in [3.05, 3.63) is 0 Å². The molecular weight excluding hydrogens is 170 g/mol. The number of rotatable bonds is 2. The van der Waals surface area contributed by atoms with Gasteiger partial charge < -0.3 is 10.6 Å². The Labute approximate surface area is 79.5 Å². The summed E-state index contributed by atoms with van der Waals surface area (Å²) >= 11 is 4.87. The van der Waals surface area contributed by atoms with Gasteiger partial charge in [0.1, 0.15) is 0 Å². The van der Waals surface area contributed by atoms with E-state index in [1.165, 1.54) is 0 Å². The van der Waals surface area contributed by atoms with Gasteiger partial charge in [-0.1, -0.05) is 12.2 Å². The zero-order valence-corrected chi connectivity index (χ0v) is 8.60. The van der Waals surface area contributed by atoms with E-state index in [9.17, 15) is 0 Å². The summed E-state index contributed by atoms with van der Waals surface area (Å²) in [6.45, 7) is 6.27. The summed E-state index contributed by atoms with van der Waals surface area (Å²) in [5.41, 5.74) is 5.48. The molecule has 0 aromatic heterocycles. The topological polar surface area (TPSA) is 32.5 Å². The lowest BCUT2D eigenvalue weighted by Crippen LogP contribution is -2.51. The molecule has 1 unspecified atom stereocenters. The summed E-state index contributed by atoms with van der Waals surface area (Å²) in [5, 5.41) is 0. The first-order valence-electron chi connectivity index (χ1n) is 4.30. The summed E-state index contributed by atoms with van der Waals surface area (Å²) in [7, 11) is 2.16. The average molecular weight is 187 g/mol. The molecule has 12 heavy (non-hydrogen) atoms. The van der Waals surface area contributed by atoms with Crippen LogP contribution in [-0.2, 0) is 0 Å². The highest BCUT2D eigenvalue weighted by molar-refractivity contribution is 7.80. The highest BCUT2D eigenvalue weighted by Crippen LogP contribution is 2.05. The van der Waals surface area contributed by atoms with Crippen LogP contribution in [0.3, 0.4) is 0 Å². The summed E-state index contributed by atoms with van der Waals surface area (Å²) in [6.07, 6.45) is 0. The van der Waals surface area contributed by atoms with Crippen molar-refractivity contribution in [2.75, 3.05) is 33.2 Å². The van der Waals surface area contributed by atoms with Crippen molar-refractivity contribution in [3.8, 4) is 0 Å². The van der Waals surface area contributed by atoms with Crippen LogP contribution in [0.4, 0.5) is 0 Å². The predicted molar refractivity (Wildman–Crippen MR) is 55.3 cm³/mol.